The molecule has 0 saturated heterocycles. The van der Waals surface area contributed by atoms with Crippen molar-refractivity contribution in [3.05, 3.63) is 51.9 Å². The molecule has 72 valence electrons. The molecule has 0 N–H and O–H groups in total. The van der Waals surface area contributed by atoms with Gasteiger partial charge in [-0.15, -0.1) is 0 Å². The van der Waals surface area contributed by atoms with Crippen molar-refractivity contribution in [1.29, 1.82) is 0 Å². The van der Waals surface area contributed by atoms with Crippen LogP contribution in [0.25, 0.3) is 5.76 Å². The summed E-state index contributed by atoms with van der Waals surface area (Å²) in [6.07, 6.45) is 0. The van der Waals surface area contributed by atoms with Crippen molar-refractivity contribution in [2.75, 3.05) is 6.79 Å². The third-order valence-electron chi connectivity index (χ3n) is 1.79. The van der Waals surface area contributed by atoms with Crippen LogP contribution in [0.1, 0.15) is 5.56 Å². The molecule has 0 spiro atoms. The molecule has 0 saturated carbocycles. The number of hydrogen-bond donors (Lipinski definition) is 0. The van der Waals surface area contributed by atoms with Gasteiger partial charge in [0, 0.05) is 5.56 Å². The zero-order valence-electron chi connectivity index (χ0n) is 7.17. The molecular weight excluding hydrogens is 186 g/mol. The van der Waals surface area contributed by atoms with Gasteiger partial charge in [0.1, 0.15) is 4.92 Å². The molecule has 1 heterocycles. The van der Waals surface area contributed by atoms with Crippen molar-refractivity contribution in [2.45, 2.75) is 0 Å². The quantitative estimate of drug-likeness (QED) is 0.528. The highest BCUT2D eigenvalue weighted by atomic mass is 16.7. The van der Waals surface area contributed by atoms with Gasteiger partial charge in [-0.3, -0.25) is 10.1 Å². The smallest absolute Gasteiger partial charge is 0.446 e. The highest BCUT2D eigenvalue weighted by Crippen LogP contribution is 2.26. The minimum absolute atomic E-state index is 0.0967. The van der Waals surface area contributed by atoms with Gasteiger partial charge in [0.15, 0.2) is 0 Å². The fourth-order valence-corrected chi connectivity index (χ4v) is 1.20. The molecule has 1 aliphatic heterocycles. The van der Waals surface area contributed by atoms with E-state index in [1.807, 2.05) is 6.07 Å². The van der Waals surface area contributed by atoms with E-state index in [-0.39, 0.29) is 18.4 Å². The SMILES string of the molecule is O=[N+]([O-])C1=C(c2ccccc2)OCO1. The van der Waals surface area contributed by atoms with Crippen molar-refractivity contribution in [3.8, 4) is 0 Å². The van der Waals surface area contributed by atoms with E-state index >= 15 is 0 Å². The Kier molecular flexibility index (Phi) is 2.06. The zero-order valence-corrected chi connectivity index (χ0v) is 7.17. The standard InChI is InChI=1S/C9H7NO4/c11-10(12)9-8(13-6-14-9)7-4-2-1-3-5-7/h1-5H,6H2. The second-order valence-electron chi connectivity index (χ2n) is 2.66. The van der Waals surface area contributed by atoms with Gasteiger partial charge in [-0.1, -0.05) is 30.3 Å². The first-order chi connectivity index (χ1) is 6.79. The molecule has 0 atom stereocenters. The van der Waals surface area contributed by atoms with Crippen LogP contribution in [0.4, 0.5) is 0 Å². The van der Waals surface area contributed by atoms with Crippen LogP contribution in [0, 0.1) is 10.1 Å². The van der Waals surface area contributed by atoms with E-state index in [1.165, 1.54) is 0 Å². The molecule has 0 aromatic heterocycles. The first-order valence-electron chi connectivity index (χ1n) is 3.99. The highest BCUT2D eigenvalue weighted by molar-refractivity contribution is 5.61. The lowest BCUT2D eigenvalue weighted by molar-refractivity contribution is -0.460. The van der Waals surface area contributed by atoms with Gasteiger partial charge >= 0.3 is 5.88 Å². The van der Waals surface area contributed by atoms with Gasteiger partial charge < -0.3 is 9.47 Å². The number of nitro groups is 1. The third kappa shape index (κ3) is 1.39. The fourth-order valence-electron chi connectivity index (χ4n) is 1.20. The first kappa shape index (κ1) is 8.55. The van der Waals surface area contributed by atoms with Crippen LogP contribution < -0.4 is 0 Å². The minimum atomic E-state index is -0.588. The van der Waals surface area contributed by atoms with Gasteiger partial charge in [-0.05, 0) is 0 Å². The number of nitrogens with zero attached hydrogens (tertiary/aromatic N) is 1. The summed E-state index contributed by atoms with van der Waals surface area (Å²) in [4.78, 5) is 9.94. The Morgan fingerprint density at radius 3 is 2.57 bits per heavy atom. The van der Waals surface area contributed by atoms with Crippen LogP contribution in [0.15, 0.2) is 36.2 Å². The van der Waals surface area contributed by atoms with E-state index in [0.717, 1.165) is 0 Å². The molecule has 14 heavy (non-hydrogen) atoms. The molecular formula is C9H7NO4. The van der Waals surface area contributed by atoms with Crippen molar-refractivity contribution >= 4 is 5.76 Å². The van der Waals surface area contributed by atoms with Gasteiger partial charge in [0.2, 0.25) is 12.6 Å². The van der Waals surface area contributed by atoms with Crippen molar-refractivity contribution in [2.24, 2.45) is 0 Å². The van der Waals surface area contributed by atoms with Gasteiger partial charge in [0.25, 0.3) is 0 Å². The number of rotatable bonds is 2. The van der Waals surface area contributed by atoms with Crippen LogP contribution >= 0.6 is 0 Å². The Labute approximate surface area is 79.7 Å². The van der Waals surface area contributed by atoms with Crippen LogP contribution in [-0.4, -0.2) is 11.7 Å². The van der Waals surface area contributed by atoms with E-state index in [9.17, 15) is 10.1 Å². The van der Waals surface area contributed by atoms with Gasteiger partial charge in [-0.25, -0.2) is 0 Å². The van der Waals surface area contributed by atoms with E-state index in [1.54, 1.807) is 24.3 Å². The Morgan fingerprint density at radius 1 is 1.21 bits per heavy atom. The van der Waals surface area contributed by atoms with Crippen molar-refractivity contribution in [3.63, 3.8) is 0 Å². The summed E-state index contributed by atoms with van der Waals surface area (Å²) in [6, 6.07) is 8.84. The minimum Gasteiger partial charge on any atom is -0.446 e. The molecule has 1 aromatic carbocycles. The summed E-state index contributed by atoms with van der Waals surface area (Å²) in [5, 5.41) is 10.5. The first-order valence-corrected chi connectivity index (χ1v) is 3.99. The maximum Gasteiger partial charge on any atom is 0.474 e. The summed E-state index contributed by atoms with van der Waals surface area (Å²) in [5.74, 6) is -0.133. The van der Waals surface area contributed by atoms with Crippen LogP contribution in [0.3, 0.4) is 0 Å². The molecule has 1 aliphatic rings. The molecule has 5 nitrogen and oxygen atoms in total. The number of ether oxygens (including phenoxy) is 2. The average molecular weight is 193 g/mol. The molecule has 2 rings (SSSR count). The normalized spacial score (nSPS) is 14.9. The maximum atomic E-state index is 10.5. The lowest BCUT2D eigenvalue weighted by atomic mass is 10.2. The van der Waals surface area contributed by atoms with Crippen molar-refractivity contribution < 1.29 is 14.4 Å². The van der Waals surface area contributed by atoms with Crippen LogP contribution in [0.2, 0.25) is 0 Å². The maximum absolute atomic E-state index is 10.5. The molecule has 0 fully saturated rings. The summed E-state index contributed by atoms with van der Waals surface area (Å²) in [5.41, 5.74) is 0.650. The zero-order chi connectivity index (χ0) is 9.97. The Balaban J connectivity index is 2.43. The van der Waals surface area contributed by atoms with Crippen LogP contribution in [-0.2, 0) is 9.47 Å². The summed E-state index contributed by atoms with van der Waals surface area (Å²) < 4.78 is 9.77. The van der Waals surface area contributed by atoms with Crippen LogP contribution in [0.5, 0.6) is 0 Å². The predicted molar refractivity (Wildman–Crippen MR) is 47.4 cm³/mol. The molecule has 0 radical (unpaired) electrons. The molecule has 0 aliphatic carbocycles. The summed E-state index contributed by atoms with van der Waals surface area (Å²) >= 11 is 0. The van der Waals surface area contributed by atoms with Gasteiger partial charge in [0.05, 0.1) is 0 Å². The van der Waals surface area contributed by atoms with E-state index in [2.05, 4.69) is 0 Å². The Morgan fingerprint density at radius 2 is 1.93 bits per heavy atom. The number of hydrogen-bond acceptors (Lipinski definition) is 4. The summed E-state index contributed by atoms with van der Waals surface area (Å²) in [6.45, 7) is -0.0967. The Bertz CT molecular complexity index is 385. The largest absolute Gasteiger partial charge is 0.474 e. The number of benzene rings is 1. The molecule has 1 aromatic rings. The van der Waals surface area contributed by atoms with E-state index < -0.39 is 4.92 Å². The molecule has 0 unspecified atom stereocenters. The van der Waals surface area contributed by atoms with E-state index in [4.69, 9.17) is 9.47 Å². The van der Waals surface area contributed by atoms with Gasteiger partial charge in [-0.2, -0.15) is 0 Å². The lowest BCUT2D eigenvalue weighted by Gasteiger charge is -1.97. The van der Waals surface area contributed by atoms with E-state index in [0.29, 0.717) is 5.56 Å². The molecule has 0 amide bonds. The summed E-state index contributed by atoms with van der Waals surface area (Å²) in [7, 11) is 0. The second kappa shape index (κ2) is 3.37. The van der Waals surface area contributed by atoms with Crippen molar-refractivity contribution in [1.82, 2.24) is 0 Å². The third-order valence-corrected chi connectivity index (χ3v) is 1.79. The highest BCUT2D eigenvalue weighted by Gasteiger charge is 2.29. The second-order valence-corrected chi connectivity index (χ2v) is 2.66. The molecule has 5 heteroatoms. The topological polar surface area (TPSA) is 61.6 Å². The Hall–Kier alpha value is -2.04. The monoisotopic (exact) mass is 193 g/mol. The lowest BCUT2D eigenvalue weighted by Crippen LogP contribution is -2.00. The fraction of sp³-hybridized carbons (Fsp3) is 0.111. The molecule has 0 bridgehead atoms. The average Bonchev–Trinajstić information content (AvgIpc) is 2.67. The predicted octanol–water partition coefficient (Wildman–Crippen LogP) is 1.59.